The van der Waals surface area contributed by atoms with Crippen LogP contribution in [0.25, 0.3) is 10.8 Å². The highest BCUT2D eigenvalue weighted by atomic mass is 33.1. The number of hydrogen-bond acceptors (Lipinski definition) is 4. The predicted molar refractivity (Wildman–Crippen MR) is 88.0 cm³/mol. The third-order valence-corrected chi connectivity index (χ3v) is 5.70. The monoisotopic (exact) mass is 306 g/mol. The van der Waals surface area contributed by atoms with Crippen LogP contribution < -0.4 is 0 Å². The van der Waals surface area contributed by atoms with Crippen LogP contribution in [0, 0.1) is 0 Å². The highest BCUT2D eigenvalue weighted by molar-refractivity contribution is 8.77. The van der Waals surface area contributed by atoms with Gasteiger partial charge in [0.2, 0.25) is 0 Å². The minimum atomic E-state index is -0.247. The second-order valence-electron chi connectivity index (χ2n) is 4.78. The molecule has 2 nitrogen and oxygen atoms in total. The first kappa shape index (κ1) is 15.3. The molecule has 0 saturated heterocycles. The Morgan fingerprint density at radius 1 is 1.20 bits per heavy atom. The molecular weight excluding hydrogens is 288 g/mol. The Labute approximate surface area is 127 Å². The molecule has 0 bridgehead atoms. The topological polar surface area (TPSA) is 26.3 Å². The van der Waals surface area contributed by atoms with Gasteiger partial charge < -0.3 is 4.74 Å². The zero-order valence-corrected chi connectivity index (χ0v) is 13.5. The zero-order valence-electron chi connectivity index (χ0n) is 11.9. The standard InChI is InChI=1S/C16H18O2S2/c1-11(2)19-20-15-9-5-7-13-6-4-8-14(16(13)15)10-18-12(3)17/h4-9,11H,10H2,1-3H3. The molecule has 0 aromatic heterocycles. The molecule has 0 aliphatic rings. The first-order valence-corrected chi connectivity index (χ1v) is 8.76. The molecule has 0 spiro atoms. The van der Waals surface area contributed by atoms with Gasteiger partial charge in [-0.05, 0) is 17.0 Å². The third kappa shape index (κ3) is 3.93. The van der Waals surface area contributed by atoms with Gasteiger partial charge in [-0.15, -0.1) is 0 Å². The molecule has 0 atom stereocenters. The van der Waals surface area contributed by atoms with Crippen molar-refractivity contribution in [3.05, 3.63) is 42.0 Å². The number of carbonyl (C=O) groups excluding carboxylic acids is 1. The van der Waals surface area contributed by atoms with Gasteiger partial charge in [0.25, 0.3) is 0 Å². The molecule has 20 heavy (non-hydrogen) atoms. The molecule has 0 amide bonds. The molecule has 2 rings (SSSR count). The van der Waals surface area contributed by atoms with E-state index in [1.165, 1.54) is 22.6 Å². The lowest BCUT2D eigenvalue weighted by atomic mass is 10.1. The fourth-order valence-corrected chi connectivity index (χ4v) is 3.97. The number of ether oxygens (including phenoxy) is 1. The van der Waals surface area contributed by atoms with E-state index in [9.17, 15) is 4.79 Å². The van der Waals surface area contributed by atoms with Crippen LogP contribution in [0.5, 0.6) is 0 Å². The maximum absolute atomic E-state index is 11.0. The maximum Gasteiger partial charge on any atom is 0.302 e. The second kappa shape index (κ2) is 7.04. The predicted octanol–water partition coefficient (Wildman–Crippen LogP) is 5.05. The van der Waals surface area contributed by atoms with E-state index in [0.29, 0.717) is 11.9 Å². The summed E-state index contributed by atoms with van der Waals surface area (Å²) in [7, 11) is 3.62. The van der Waals surface area contributed by atoms with Gasteiger partial charge in [-0.2, -0.15) is 0 Å². The summed E-state index contributed by atoms with van der Waals surface area (Å²) < 4.78 is 5.16. The minimum absolute atomic E-state index is 0.247. The van der Waals surface area contributed by atoms with Crippen LogP contribution in [0.1, 0.15) is 26.3 Å². The van der Waals surface area contributed by atoms with Crippen LogP contribution in [0.2, 0.25) is 0 Å². The molecule has 0 heterocycles. The summed E-state index contributed by atoms with van der Waals surface area (Å²) >= 11 is 0. The first-order chi connectivity index (χ1) is 9.58. The van der Waals surface area contributed by atoms with Gasteiger partial charge in [-0.25, -0.2) is 0 Å². The van der Waals surface area contributed by atoms with E-state index in [-0.39, 0.29) is 5.97 Å². The van der Waals surface area contributed by atoms with Crippen molar-refractivity contribution in [3.8, 4) is 0 Å². The van der Waals surface area contributed by atoms with E-state index in [1.807, 2.05) is 22.9 Å². The van der Waals surface area contributed by atoms with Crippen LogP contribution in [-0.2, 0) is 16.1 Å². The molecule has 106 valence electrons. The normalized spacial score (nSPS) is 11.0. The number of rotatable bonds is 5. The van der Waals surface area contributed by atoms with Crippen molar-refractivity contribution >= 4 is 38.3 Å². The lowest BCUT2D eigenvalue weighted by Crippen LogP contribution is -1.99. The van der Waals surface area contributed by atoms with Gasteiger partial charge >= 0.3 is 5.97 Å². The van der Waals surface area contributed by atoms with Gasteiger partial charge in [0.15, 0.2) is 0 Å². The second-order valence-corrected chi connectivity index (χ2v) is 7.60. The molecule has 0 unspecified atom stereocenters. The SMILES string of the molecule is CC(=O)OCc1cccc2cccc(SSC(C)C)c12. The maximum atomic E-state index is 11.0. The average Bonchev–Trinajstić information content (AvgIpc) is 2.42. The van der Waals surface area contributed by atoms with Gasteiger partial charge in [-0.1, -0.05) is 65.8 Å². The summed E-state index contributed by atoms with van der Waals surface area (Å²) in [4.78, 5) is 12.2. The van der Waals surface area contributed by atoms with Gasteiger partial charge in [-0.3, -0.25) is 4.79 Å². The lowest BCUT2D eigenvalue weighted by molar-refractivity contribution is -0.142. The number of benzene rings is 2. The van der Waals surface area contributed by atoms with E-state index in [2.05, 4.69) is 38.1 Å². The quantitative estimate of drug-likeness (QED) is 0.570. The Morgan fingerprint density at radius 2 is 1.90 bits per heavy atom. The highest BCUT2D eigenvalue weighted by Gasteiger charge is 2.09. The van der Waals surface area contributed by atoms with E-state index >= 15 is 0 Å². The molecule has 0 saturated carbocycles. The zero-order chi connectivity index (χ0) is 14.5. The first-order valence-electron chi connectivity index (χ1n) is 6.55. The summed E-state index contributed by atoms with van der Waals surface area (Å²) in [6.45, 7) is 6.14. The smallest absolute Gasteiger partial charge is 0.302 e. The summed E-state index contributed by atoms with van der Waals surface area (Å²) in [5, 5.41) is 2.94. The molecule has 0 aliphatic heterocycles. The number of carbonyl (C=O) groups is 1. The Hall–Kier alpha value is -1.13. The van der Waals surface area contributed by atoms with E-state index in [1.54, 1.807) is 10.8 Å². The Morgan fingerprint density at radius 3 is 2.55 bits per heavy atom. The number of hydrogen-bond donors (Lipinski definition) is 0. The largest absolute Gasteiger partial charge is 0.461 e. The summed E-state index contributed by atoms with van der Waals surface area (Å²) in [5.74, 6) is -0.247. The van der Waals surface area contributed by atoms with Crippen LogP contribution >= 0.6 is 21.6 Å². The lowest BCUT2D eigenvalue weighted by Gasteiger charge is -2.12. The Kier molecular flexibility index (Phi) is 5.38. The van der Waals surface area contributed by atoms with Crippen molar-refractivity contribution in [2.45, 2.75) is 37.5 Å². The molecule has 4 heteroatoms. The molecule has 0 fully saturated rings. The van der Waals surface area contributed by atoms with Crippen molar-refractivity contribution < 1.29 is 9.53 Å². The van der Waals surface area contributed by atoms with Crippen LogP contribution in [0.3, 0.4) is 0 Å². The van der Waals surface area contributed by atoms with E-state index in [4.69, 9.17) is 4.74 Å². The molecule has 0 radical (unpaired) electrons. The third-order valence-electron chi connectivity index (χ3n) is 2.71. The van der Waals surface area contributed by atoms with E-state index in [0.717, 1.165) is 5.56 Å². The number of esters is 1. The average molecular weight is 306 g/mol. The van der Waals surface area contributed by atoms with Crippen molar-refractivity contribution in [2.75, 3.05) is 0 Å². The Balaban J connectivity index is 2.38. The van der Waals surface area contributed by atoms with Crippen LogP contribution in [0.15, 0.2) is 41.3 Å². The van der Waals surface area contributed by atoms with E-state index < -0.39 is 0 Å². The summed E-state index contributed by atoms with van der Waals surface area (Å²) in [6, 6.07) is 12.4. The number of fused-ring (bicyclic) bond motifs is 1. The van der Waals surface area contributed by atoms with Crippen LogP contribution in [-0.4, -0.2) is 11.2 Å². The minimum Gasteiger partial charge on any atom is -0.461 e. The fraction of sp³-hybridized carbons (Fsp3) is 0.312. The highest BCUT2D eigenvalue weighted by Crippen LogP contribution is 2.39. The van der Waals surface area contributed by atoms with Crippen molar-refractivity contribution in [3.63, 3.8) is 0 Å². The van der Waals surface area contributed by atoms with Gasteiger partial charge in [0.05, 0.1) is 0 Å². The van der Waals surface area contributed by atoms with Gasteiger partial charge in [0, 0.05) is 22.5 Å². The van der Waals surface area contributed by atoms with Crippen molar-refractivity contribution in [1.82, 2.24) is 0 Å². The molecule has 2 aromatic rings. The van der Waals surface area contributed by atoms with Gasteiger partial charge in [0.1, 0.15) is 6.61 Å². The fourth-order valence-electron chi connectivity index (χ4n) is 1.90. The summed E-state index contributed by atoms with van der Waals surface area (Å²) in [5.41, 5.74) is 1.06. The van der Waals surface area contributed by atoms with Crippen LogP contribution in [0.4, 0.5) is 0 Å². The molecule has 2 aromatic carbocycles. The van der Waals surface area contributed by atoms with Crippen molar-refractivity contribution in [2.24, 2.45) is 0 Å². The van der Waals surface area contributed by atoms with Crippen molar-refractivity contribution in [1.29, 1.82) is 0 Å². The molecule has 0 N–H and O–H groups in total. The summed E-state index contributed by atoms with van der Waals surface area (Å²) in [6.07, 6.45) is 0. The Bertz CT molecular complexity index is 603. The molecule has 0 aliphatic carbocycles. The molecular formula is C16H18O2S2.